The summed E-state index contributed by atoms with van der Waals surface area (Å²) in [5.74, 6) is -1.28. The van der Waals surface area contributed by atoms with Gasteiger partial charge in [-0.25, -0.2) is 8.42 Å². The van der Waals surface area contributed by atoms with E-state index in [-0.39, 0.29) is 16.2 Å². The van der Waals surface area contributed by atoms with Gasteiger partial charge in [0.25, 0.3) is 15.9 Å². The average Bonchev–Trinajstić information content (AvgIpc) is 2.47. The van der Waals surface area contributed by atoms with Crippen molar-refractivity contribution < 1.29 is 18.3 Å². The van der Waals surface area contributed by atoms with Crippen molar-refractivity contribution in [2.24, 2.45) is 5.73 Å². The molecule has 0 unspecified atom stereocenters. The number of aromatic hydroxyl groups is 1. The highest BCUT2D eigenvalue weighted by atomic mass is 32.2. The van der Waals surface area contributed by atoms with E-state index in [1.165, 1.54) is 6.07 Å². The molecule has 0 saturated carbocycles. The summed E-state index contributed by atoms with van der Waals surface area (Å²) < 4.78 is 26.9. The fourth-order valence-electron chi connectivity index (χ4n) is 1.80. The molecule has 0 atom stereocenters. The maximum atomic E-state index is 12.3. The van der Waals surface area contributed by atoms with Crippen LogP contribution in [0.5, 0.6) is 5.75 Å². The van der Waals surface area contributed by atoms with Gasteiger partial charge in [0.2, 0.25) is 0 Å². The van der Waals surface area contributed by atoms with Gasteiger partial charge >= 0.3 is 0 Å². The van der Waals surface area contributed by atoms with Gasteiger partial charge in [-0.05, 0) is 42.5 Å². The summed E-state index contributed by atoms with van der Waals surface area (Å²) in [5.41, 5.74) is 6.04. The van der Waals surface area contributed by atoms with Gasteiger partial charge in [0.15, 0.2) is 0 Å². The molecular formula is C14H15N3O4S. The molecule has 1 amide bonds. The summed E-state index contributed by atoms with van der Waals surface area (Å²) in [6.45, 7) is 0. The molecule has 2 aromatic carbocycles. The lowest BCUT2D eigenvalue weighted by Crippen LogP contribution is -2.16. The first kappa shape index (κ1) is 15.6. The van der Waals surface area contributed by atoms with Crippen LogP contribution in [0.25, 0.3) is 0 Å². The molecule has 7 nitrogen and oxygen atoms in total. The predicted molar refractivity (Wildman–Crippen MR) is 83.4 cm³/mol. The number of phenols is 1. The smallest absolute Gasteiger partial charge is 0.261 e. The zero-order valence-electron chi connectivity index (χ0n) is 11.7. The summed E-state index contributed by atoms with van der Waals surface area (Å²) in [6.07, 6.45) is 0. The molecule has 2 aromatic rings. The molecule has 0 aromatic heterocycles. The third-order valence-corrected chi connectivity index (χ3v) is 4.35. The Labute approximate surface area is 127 Å². The van der Waals surface area contributed by atoms with Gasteiger partial charge in [0, 0.05) is 18.4 Å². The van der Waals surface area contributed by atoms with Crippen LogP contribution in [0.4, 0.5) is 11.4 Å². The second-order valence-electron chi connectivity index (χ2n) is 4.48. The monoisotopic (exact) mass is 321 g/mol. The van der Waals surface area contributed by atoms with Crippen molar-refractivity contribution in [2.75, 3.05) is 17.1 Å². The minimum absolute atomic E-state index is 0.170. The van der Waals surface area contributed by atoms with Gasteiger partial charge in [0.05, 0.1) is 10.5 Å². The number of hydrogen-bond acceptors (Lipinski definition) is 5. The Kier molecular flexibility index (Phi) is 4.22. The van der Waals surface area contributed by atoms with Crippen LogP contribution in [0.1, 0.15) is 10.4 Å². The molecule has 0 aliphatic carbocycles. The molecule has 0 radical (unpaired) electrons. The largest absolute Gasteiger partial charge is 0.507 e. The normalized spacial score (nSPS) is 11.0. The Hall–Kier alpha value is -2.74. The van der Waals surface area contributed by atoms with E-state index in [2.05, 4.69) is 10.0 Å². The van der Waals surface area contributed by atoms with E-state index in [1.54, 1.807) is 31.3 Å². The number of carbonyl (C=O) groups is 1. The van der Waals surface area contributed by atoms with Crippen molar-refractivity contribution in [3.05, 3.63) is 48.0 Å². The molecule has 22 heavy (non-hydrogen) atoms. The molecule has 0 bridgehead atoms. The van der Waals surface area contributed by atoms with E-state index in [0.717, 1.165) is 17.8 Å². The second-order valence-corrected chi connectivity index (χ2v) is 6.16. The van der Waals surface area contributed by atoms with Crippen molar-refractivity contribution in [3.63, 3.8) is 0 Å². The van der Waals surface area contributed by atoms with Crippen molar-refractivity contribution in [1.29, 1.82) is 0 Å². The number of primary amides is 1. The Morgan fingerprint density at radius 2 is 1.68 bits per heavy atom. The van der Waals surface area contributed by atoms with Gasteiger partial charge in [-0.2, -0.15) is 0 Å². The number of amides is 1. The zero-order valence-corrected chi connectivity index (χ0v) is 12.5. The molecule has 116 valence electrons. The summed E-state index contributed by atoms with van der Waals surface area (Å²) in [6, 6.07) is 9.94. The van der Waals surface area contributed by atoms with E-state index >= 15 is 0 Å². The lowest BCUT2D eigenvalue weighted by atomic mass is 10.2. The summed E-state index contributed by atoms with van der Waals surface area (Å²) in [7, 11) is -2.14. The Balaban J connectivity index is 2.33. The van der Waals surface area contributed by atoms with Gasteiger partial charge < -0.3 is 16.2 Å². The van der Waals surface area contributed by atoms with Crippen molar-refractivity contribution >= 4 is 27.3 Å². The number of carbonyl (C=O) groups excluding carboxylic acids is 1. The fraction of sp³-hybridized carbons (Fsp3) is 0.0714. The van der Waals surface area contributed by atoms with Crippen LogP contribution in [0.15, 0.2) is 47.4 Å². The van der Waals surface area contributed by atoms with Gasteiger partial charge in [0.1, 0.15) is 5.75 Å². The average molecular weight is 321 g/mol. The van der Waals surface area contributed by atoms with E-state index in [9.17, 15) is 18.3 Å². The molecule has 0 aliphatic rings. The van der Waals surface area contributed by atoms with Crippen LogP contribution in [0, 0.1) is 0 Å². The predicted octanol–water partition coefficient (Wildman–Crippen LogP) is 1.33. The number of anilines is 2. The number of nitrogens with two attached hydrogens (primary N) is 1. The van der Waals surface area contributed by atoms with Crippen LogP contribution < -0.4 is 15.8 Å². The summed E-state index contributed by atoms with van der Waals surface area (Å²) in [5, 5.41) is 12.4. The maximum Gasteiger partial charge on any atom is 0.261 e. The molecule has 5 N–H and O–H groups in total. The van der Waals surface area contributed by atoms with Crippen molar-refractivity contribution in [3.8, 4) is 5.75 Å². The summed E-state index contributed by atoms with van der Waals surface area (Å²) in [4.78, 5) is 11.0. The number of rotatable bonds is 5. The van der Waals surface area contributed by atoms with E-state index in [1.807, 2.05) is 0 Å². The van der Waals surface area contributed by atoms with Crippen LogP contribution >= 0.6 is 0 Å². The lowest BCUT2D eigenvalue weighted by molar-refractivity contribution is 0.0997. The van der Waals surface area contributed by atoms with Gasteiger partial charge in [-0.1, -0.05) is 0 Å². The quantitative estimate of drug-likeness (QED) is 0.662. The molecule has 8 heteroatoms. The fourth-order valence-corrected chi connectivity index (χ4v) is 2.88. The molecule has 0 saturated heterocycles. The third-order valence-electron chi connectivity index (χ3n) is 2.97. The highest BCUT2D eigenvalue weighted by Gasteiger charge is 2.18. The first-order valence-corrected chi connectivity index (χ1v) is 7.75. The molecule has 0 heterocycles. The number of sulfonamides is 1. The number of benzene rings is 2. The minimum Gasteiger partial charge on any atom is -0.507 e. The van der Waals surface area contributed by atoms with E-state index in [0.29, 0.717) is 5.69 Å². The van der Waals surface area contributed by atoms with Crippen LogP contribution in [-0.4, -0.2) is 26.5 Å². The summed E-state index contributed by atoms with van der Waals surface area (Å²) >= 11 is 0. The zero-order chi connectivity index (χ0) is 16.3. The first-order valence-electron chi connectivity index (χ1n) is 6.27. The van der Waals surface area contributed by atoms with Crippen molar-refractivity contribution in [2.45, 2.75) is 4.90 Å². The number of nitrogens with one attached hydrogen (secondary N) is 2. The van der Waals surface area contributed by atoms with E-state index < -0.39 is 15.9 Å². The van der Waals surface area contributed by atoms with Crippen LogP contribution in [0.2, 0.25) is 0 Å². The van der Waals surface area contributed by atoms with Crippen molar-refractivity contribution in [1.82, 2.24) is 0 Å². The van der Waals surface area contributed by atoms with E-state index in [4.69, 9.17) is 5.73 Å². The Morgan fingerprint density at radius 3 is 2.23 bits per heavy atom. The standard InChI is InChI=1S/C14H15N3O4S/c1-16-9-2-4-10(5-3-9)17-22(20,21)11-6-7-13(18)12(8-11)14(15)19/h2-8,16-18H,1H3,(H2,15,19). The molecular weight excluding hydrogens is 306 g/mol. The Morgan fingerprint density at radius 1 is 1.09 bits per heavy atom. The topological polar surface area (TPSA) is 122 Å². The minimum atomic E-state index is -3.89. The third kappa shape index (κ3) is 3.29. The molecule has 2 rings (SSSR count). The molecule has 0 spiro atoms. The molecule has 0 aliphatic heterocycles. The highest BCUT2D eigenvalue weighted by Crippen LogP contribution is 2.23. The van der Waals surface area contributed by atoms with Crippen LogP contribution in [0.3, 0.4) is 0 Å². The first-order chi connectivity index (χ1) is 10.3. The molecule has 0 fully saturated rings. The Bertz CT molecular complexity index is 801. The maximum absolute atomic E-state index is 12.3. The second kappa shape index (κ2) is 5.94. The van der Waals surface area contributed by atoms with Crippen LogP contribution in [-0.2, 0) is 10.0 Å². The van der Waals surface area contributed by atoms with Gasteiger partial charge in [-0.15, -0.1) is 0 Å². The lowest BCUT2D eigenvalue weighted by Gasteiger charge is -2.10. The highest BCUT2D eigenvalue weighted by molar-refractivity contribution is 7.92. The number of hydrogen-bond donors (Lipinski definition) is 4. The SMILES string of the molecule is CNc1ccc(NS(=O)(=O)c2ccc(O)c(C(N)=O)c2)cc1. The van der Waals surface area contributed by atoms with Gasteiger partial charge in [-0.3, -0.25) is 9.52 Å².